The van der Waals surface area contributed by atoms with Crippen molar-refractivity contribution in [1.82, 2.24) is 24.8 Å². The van der Waals surface area contributed by atoms with E-state index in [1.165, 1.54) is 6.33 Å². The van der Waals surface area contributed by atoms with Gasteiger partial charge in [-0.2, -0.15) is 4.98 Å². The van der Waals surface area contributed by atoms with Gasteiger partial charge in [-0.1, -0.05) is 30.3 Å². The number of hydrogen-bond acceptors (Lipinski definition) is 10. The van der Waals surface area contributed by atoms with E-state index in [1.807, 2.05) is 30.3 Å². The van der Waals surface area contributed by atoms with Crippen molar-refractivity contribution in [2.24, 2.45) is 0 Å². The van der Waals surface area contributed by atoms with E-state index in [0.717, 1.165) is 37.3 Å². The zero-order chi connectivity index (χ0) is 25.8. The Morgan fingerprint density at radius 2 is 1.73 bits per heavy atom. The largest absolute Gasteiger partial charge is 0.480 e. The number of fused-ring (bicyclic) bond motifs is 1. The molecule has 0 amide bonds. The van der Waals surface area contributed by atoms with Crippen molar-refractivity contribution in [1.29, 1.82) is 0 Å². The molecular weight excluding hydrogens is 472 g/mol. The maximum absolute atomic E-state index is 11.9. The second-order valence-electron chi connectivity index (χ2n) is 9.76. The number of anilines is 3. The predicted molar refractivity (Wildman–Crippen MR) is 142 cm³/mol. The highest BCUT2D eigenvalue weighted by atomic mass is 16.5. The summed E-state index contributed by atoms with van der Waals surface area (Å²) >= 11 is 0. The maximum atomic E-state index is 11.9. The Kier molecular flexibility index (Phi) is 7.61. The van der Waals surface area contributed by atoms with Crippen LogP contribution < -0.4 is 14.7 Å². The van der Waals surface area contributed by atoms with Crippen LogP contribution in [0.3, 0.4) is 0 Å². The van der Waals surface area contributed by atoms with Gasteiger partial charge in [-0.05, 0) is 32.5 Å². The standard InChI is InChI=1S/C26H34N8O3/c1-31(2)20-8-10-33(11-9-20)26-29-23-22(25(30-26)32-12-14-37-15-13-32)27-18-28-24(23)34(17-21(35)36)16-19-6-4-3-5-7-19/h3-7,18,20H,8-17H2,1-2H3,(H,35,36). The second-order valence-corrected chi connectivity index (χ2v) is 9.76. The van der Waals surface area contributed by atoms with Gasteiger partial charge < -0.3 is 29.4 Å². The maximum Gasteiger partial charge on any atom is 0.323 e. The van der Waals surface area contributed by atoms with Crippen molar-refractivity contribution in [3.8, 4) is 0 Å². The first-order valence-corrected chi connectivity index (χ1v) is 12.8. The van der Waals surface area contributed by atoms with Crippen molar-refractivity contribution in [2.45, 2.75) is 25.4 Å². The zero-order valence-electron chi connectivity index (χ0n) is 21.5. The Morgan fingerprint density at radius 3 is 2.41 bits per heavy atom. The Morgan fingerprint density at radius 1 is 1.00 bits per heavy atom. The van der Waals surface area contributed by atoms with Gasteiger partial charge in [-0.3, -0.25) is 4.79 Å². The third kappa shape index (κ3) is 5.72. The summed E-state index contributed by atoms with van der Waals surface area (Å²) in [4.78, 5) is 39.4. The van der Waals surface area contributed by atoms with Gasteiger partial charge >= 0.3 is 5.97 Å². The van der Waals surface area contributed by atoms with Gasteiger partial charge in [0.15, 0.2) is 11.6 Å². The number of ether oxygens (including phenoxy) is 1. The first-order valence-electron chi connectivity index (χ1n) is 12.8. The minimum atomic E-state index is -0.934. The highest BCUT2D eigenvalue weighted by Crippen LogP contribution is 2.32. The van der Waals surface area contributed by atoms with E-state index < -0.39 is 5.97 Å². The summed E-state index contributed by atoms with van der Waals surface area (Å²) in [5.74, 6) is 0.947. The normalized spacial score (nSPS) is 16.9. The summed E-state index contributed by atoms with van der Waals surface area (Å²) in [5, 5.41) is 9.73. The minimum Gasteiger partial charge on any atom is -0.480 e. The molecule has 0 unspecified atom stereocenters. The molecule has 1 N–H and O–H groups in total. The minimum absolute atomic E-state index is 0.207. The molecule has 0 radical (unpaired) electrons. The van der Waals surface area contributed by atoms with Gasteiger partial charge in [0, 0.05) is 38.8 Å². The van der Waals surface area contributed by atoms with Gasteiger partial charge in [0.25, 0.3) is 0 Å². The molecule has 0 spiro atoms. The predicted octanol–water partition coefficient (Wildman–Crippen LogP) is 1.88. The lowest BCUT2D eigenvalue weighted by Crippen LogP contribution is -2.43. The van der Waals surface area contributed by atoms with Gasteiger partial charge in [0.1, 0.15) is 23.9 Å². The summed E-state index contributed by atoms with van der Waals surface area (Å²) in [7, 11) is 4.24. The van der Waals surface area contributed by atoms with Crippen LogP contribution in [0.1, 0.15) is 18.4 Å². The Labute approximate surface area is 216 Å². The molecule has 2 saturated heterocycles. The van der Waals surface area contributed by atoms with E-state index >= 15 is 0 Å². The van der Waals surface area contributed by atoms with Gasteiger partial charge in [-0.15, -0.1) is 0 Å². The quantitative estimate of drug-likeness (QED) is 0.483. The van der Waals surface area contributed by atoms with Crippen LogP contribution in [0.5, 0.6) is 0 Å². The van der Waals surface area contributed by atoms with Crippen molar-refractivity contribution in [3.05, 3.63) is 42.2 Å². The number of benzene rings is 1. The number of hydrogen-bond donors (Lipinski definition) is 1. The van der Waals surface area contributed by atoms with Crippen LogP contribution in [-0.4, -0.2) is 102 Å². The van der Waals surface area contributed by atoms with Crippen LogP contribution >= 0.6 is 0 Å². The Hall–Kier alpha value is -3.57. The summed E-state index contributed by atoms with van der Waals surface area (Å²) in [6.07, 6.45) is 3.53. The molecule has 0 bridgehead atoms. The fourth-order valence-electron chi connectivity index (χ4n) is 5.03. The highest BCUT2D eigenvalue weighted by molar-refractivity contribution is 5.94. The zero-order valence-corrected chi connectivity index (χ0v) is 21.5. The Balaban J connectivity index is 1.59. The molecule has 2 aliphatic rings. The average molecular weight is 507 g/mol. The summed E-state index contributed by atoms with van der Waals surface area (Å²) in [6, 6.07) is 10.3. The number of carboxylic acids is 1. The molecule has 11 nitrogen and oxygen atoms in total. The van der Waals surface area contributed by atoms with Gasteiger partial charge in [0.2, 0.25) is 5.95 Å². The molecule has 4 heterocycles. The molecule has 2 aromatic heterocycles. The van der Waals surface area contributed by atoms with Crippen LogP contribution in [0, 0.1) is 0 Å². The third-order valence-corrected chi connectivity index (χ3v) is 7.06. The summed E-state index contributed by atoms with van der Waals surface area (Å²) in [6.45, 7) is 4.53. The highest BCUT2D eigenvalue weighted by Gasteiger charge is 2.27. The van der Waals surface area contributed by atoms with Crippen molar-refractivity contribution >= 4 is 34.6 Å². The average Bonchev–Trinajstić information content (AvgIpc) is 2.92. The molecule has 3 aromatic rings. The fraction of sp³-hybridized carbons (Fsp3) is 0.500. The number of rotatable bonds is 8. The van der Waals surface area contributed by atoms with Crippen LogP contribution in [-0.2, 0) is 16.1 Å². The summed E-state index contributed by atoms with van der Waals surface area (Å²) < 4.78 is 5.58. The van der Waals surface area contributed by atoms with Crippen LogP contribution in [0.25, 0.3) is 11.0 Å². The molecule has 1 aromatic carbocycles. The van der Waals surface area contributed by atoms with E-state index in [-0.39, 0.29) is 6.54 Å². The lowest BCUT2D eigenvalue weighted by atomic mass is 10.0. The smallest absolute Gasteiger partial charge is 0.323 e. The number of piperidine rings is 1. The van der Waals surface area contributed by atoms with Crippen LogP contribution in [0.4, 0.5) is 17.6 Å². The number of nitrogens with zero attached hydrogens (tertiary/aromatic N) is 8. The van der Waals surface area contributed by atoms with Crippen LogP contribution in [0.15, 0.2) is 36.7 Å². The van der Waals surface area contributed by atoms with Crippen LogP contribution in [0.2, 0.25) is 0 Å². The third-order valence-electron chi connectivity index (χ3n) is 7.06. The number of carboxylic acid groups (broad SMARTS) is 1. The molecule has 37 heavy (non-hydrogen) atoms. The van der Waals surface area contributed by atoms with Gasteiger partial charge in [-0.25, -0.2) is 15.0 Å². The number of carbonyl (C=O) groups is 1. The molecule has 2 fully saturated rings. The molecule has 0 atom stereocenters. The van der Waals surface area contributed by atoms with E-state index in [2.05, 4.69) is 38.8 Å². The second kappa shape index (κ2) is 11.2. The van der Waals surface area contributed by atoms with E-state index in [1.54, 1.807) is 4.90 Å². The van der Waals surface area contributed by atoms with E-state index in [0.29, 0.717) is 61.7 Å². The molecule has 2 aliphatic heterocycles. The molecule has 196 valence electrons. The monoisotopic (exact) mass is 506 g/mol. The number of aromatic nitrogens is 4. The lowest BCUT2D eigenvalue weighted by molar-refractivity contribution is -0.135. The fourth-order valence-corrected chi connectivity index (χ4v) is 5.03. The van der Waals surface area contributed by atoms with Crippen molar-refractivity contribution in [3.63, 3.8) is 0 Å². The molecule has 11 heteroatoms. The van der Waals surface area contributed by atoms with Gasteiger partial charge in [0.05, 0.1) is 13.2 Å². The number of morpholine rings is 1. The summed E-state index contributed by atoms with van der Waals surface area (Å²) in [5.41, 5.74) is 2.19. The molecular formula is C26H34N8O3. The first-order chi connectivity index (χ1) is 18.0. The number of aliphatic carboxylic acids is 1. The van der Waals surface area contributed by atoms with E-state index in [4.69, 9.17) is 14.7 Å². The van der Waals surface area contributed by atoms with Crippen molar-refractivity contribution < 1.29 is 14.6 Å². The molecule has 0 aliphatic carbocycles. The van der Waals surface area contributed by atoms with E-state index in [9.17, 15) is 9.90 Å². The first kappa shape index (κ1) is 25.1. The Bertz CT molecular complexity index is 1210. The topological polar surface area (TPSA) is 111 Å². The molecule has 0 saturated carbocycles. The lowest BCUT2D eigenvalue weighted by Gasteiger charge is -2.36. The van der Waals surface area contributed by atoms with Crippen molar-refractivity contribution in [2.75, 3.05) is 74.7 Å². The molecule has 5 rings (SSSR count). The SMILES string of the molecule is CN(C)C1CCN(c2nc(N3CCOCC3)c3ncnc(N(CC(=O)O)Cc4ccccc4)c3n2)CC1.